The van der Waals surface area contributed by atoms with Gasteiger partial charge in [0.1, 0.15) is 6.61 Å². The molecule has 29 heavy (non-hydrogen) atoms. The number of anilines is 1. The summed E-state index contributed by atoms with van der Waals surface area (Å²) in [6.45, 7) is 2.50. The van der Waals surface area contributed by atoms with Crippen molar-refractivity contribution in [1.29, 1.82) is 0 Å². The lowest BCUT2D eigenvalue weighted by Crippen LogP contribution is -2.41. The number of nitrogens with zero attached hydrogens (tertiary/aromatic N) is 1. The molecule has 2 amide bonds. The zero-order valence-electron chi connectivity index (χ0n) is 16.3. The average Bonchev–Trinajstić information content (AvgIpc) is 2.73. The summed E-state index contributed by atoms with van der Waals surface area (Å²) in [7, 11) is 1.50. The van der Waals surface area contributed by atoms with Crippen LogP contribution < -0.4 is 10.6 Å². The van der Waals surface area contributed by atoms with Gasteiger partial charge in [0, 0.05) is 26.6 Å². The van der Waals surface area contributed by atoms with Crippen molar-refractivity contribution in [2.75, 3.05) is 51.9 Å². The second-order valence-electron chi connectivity index (χ2n) is 6.17. The summed E-state index contributed by atoms with van der Waals surface area (Å²) in [5, 5.41) is 5.43. The van der Waals surface area contributed by atoms with Gasteiger partial charge in [0.05, 0.1) is 37.5 Å². The highest BCUT2D eigenvalue weighted by atomic mass is 32.1. The Morgan fingerprint density at radius 2 is 1.86 bits per heavy atom. The number of methoxy groups -OCH3 is 1. The molecule has 0 radical (unpaired) electrons. The molecule has 0 bridgehead atoms. The number of nitrogens with one attached hydrogen (secondary N) is 2. The molecule has 10 heteroatoms. The van der Waals surface area contributed by atoms with E-state index in [0.29, 0.717) is 44.2 Å². The minimum absolute atomic E-state index is 0.0463. The Bertz CT molecular complexity index is 736. The maximum atomic E-state index is 12.7. The van der Waals surface area contributed by atoms with Crippen LogP contribution in [0.2, 0.25) is 0 Å². The predicted octanol–water partition coefficient (Wildman–Crippen LogP) is 0.942. The summed E-state index contributed by atoms with van der Waals surface area (Å²) in [4.78, 5) is 38.0. The quantitative estimate of drug-likeness (QED) is 0.362. The lowest BCUT2D eigenvalue weighted by molar-refractivity contribution is -0.146. The van der Waals surface area contributed by atoms with Gasteiger partial charge < -0.3 is 29.7 Å². The van der Waals surface area contributed by atoms with Gasteiger partial charge in [-0.3, -0.25) is 14.4 Å². The van der Waals surface area contributed by atoms with E-state index in [1.54, 1.807) is 29.2 Å². The number of morpholine rings is 1. The molecular weight excluding hydrogens is 398 g/mol. The van der Waals surface area contributed by atoms with Gasteiger partial charge in [0.2, 0.25) is 5.91 Å². The number of amides is 2. The van der Waals surface area contributed by atoms with Gasteiger partial charge in [-0.25, -0.2) is 0 Å². The van der Waals surface area contributed by atoms with Gasteiger partial charge in [0.15, 0.2) is 5.11 Å². The molecule has 1 fully saturated rings. The molecule has 1 aromatic carbocycles. The van der Waals surface area contributed by atoms with Crippen LogP contribution in [0.4, 0.5) is 5.69 Å². The Balaban J connectivity index is 1.85. The Hall–Kier alpha value is -2.56. The normalized spacial score (nSPS) is 13.5. The molecule has 2 rings (SSSR count). The van der Waals surface area contributed by atoms with E-state index in [2.05, 4.69) is 10.6 Å². The smallest absolute Gasteiger partial charge is 0.306 e. The van der Waals surface area contributed by atoms with Crippen molar-refractivity contribution < 1.29 is 28.6 Å². The maximum Gasteiger partial charge on any atom is 0.306 e. The summed E-state index contributed by atoms with van der Waals surface area (Å²) in [5.74, 6) is -1.05. The molecule has 0 saturated carbocycles. The number of ether oxygens (including phenoxy) is 3. The minimum atomic E-state index is -0.488. The highest BCUT2D eigenvalue weighted by Crippen LogP contribution is 2.18. The third kappa shape index (κ3) is 7.76. The van der Waals surface area contributed by atoms with Crippen molar-refractivity contribution in [3.05, 3.63) is 29.8 Å². The van der Waals surface area contributed by atoms with Crippen LogP contribution in [-0.4, -0.2) is 74.4 Å². The summed E-state index contributed by atoms with van der Waals surface area (Å²) in [6, 6.07) is 6.93. The Labute approximate surface area is 174 Å². The fourth-order valence-electron chi connectivity index (χ4n) is 2.58. The van der Waals surface area contributed by atoms with Crippen LogP contribution in [-0.2, 0) is 23.8 Å². The number of para-hydroxylation sites is 1. The van der Waals surface area contributed by atoms with E-state index < -0.39 is 11.9 Å². The number of esters is 1. The van der Waals surface area contributed by atoms with Crippen molar-refractivity contribution in [3.8, 4) is 0 Å². The van der Waals surface area contributed by atoms with E-state index in [4.69, 9.17) is 26.4 Å². The van der Waals surface area contributed by atoms with Crippen LogP contribution >= 0.6 is 12.2 Å². The van der Waals surface area contributed by atoms with Gasteiger partial charge in [-0.2, -0.15) is 0 Å². The SMILES string of the molecule is COCCOC(=O)CCC(=O)NC(=S)Nc1ccccc1C(=O)N1CCOCC1. The van der Waals surface area contributed by atoms with Gasteiger partial charge in [-0.05, 0) is 24.4 Å². The lowest BCUT2D eigenvalue weighted by atomic mass is 10.1. The number of carbonyl (C=O) groups is 3. The van der Waals surface area contributed by atoms with E-state index in [1.165, 1.54) is 7.11 Å². The zero-order chi connectivity index (χ0) is 21.1. The lowest BCUT2D eigenvalue weighted by Gasteiger charge is -2.27. The van der Waals surface area contributed by atoms with Crippen LogP contribution in [0.1, 0.15) is 23.2 Å². The standard InChI is InChI=1S/C19H25N3O6S/c1-26-12-13-28-17(24)7-6-16(23)21-19(29)20-15-5-3-2-4-14(15)18(25)22-8-10-27-11-9-22/h2-5H,6-13H2,1H3,(H2,20,21,23,29). The van der Waals surface area contributed by atoms with E-state index in [-0.39, 0.29) is 30.5 Å². The molecule has 0 atom stereocenters. The number of rotatable bonds is 8. The summed E-state index contributed by atoms with van der Waals surface area (Å²) in [5.41, 5.74) is 0.945. The first-order chi connectivity index (χ1) is 14.0. The number of hydrogen-bond donors (Lipinski definition) is 2. The molecule has 1 heterocycles. The number of carbonyl (C=O) groups excluding carboxylic acids is 3. The first-order valence-electron chi connectivity index (χ1n) is 9.22. The van der Waals surface area contributed by atoms with Gasteiger partial charge in [-0.15, -0.1) is 0 Å². The third-order valence-electron chi connectivity index (χ3n) is 4.06. The Morgan fingerprint density at radius 3 is 2.59 bits per heavy atom. The van der Waals surface area contributed by atoms with Gasteiger partial charge in [0.25, 0.3) is 5.91 Å². The fraction of sp³-hybridized carbons (Fsp3) is 0.474. The van der Waals surface area contributed by atoms with Crippen molar-refractivity contribution in [2.24, 2.45) is 0 Å². The highest BCUT2D eigenvalue weighted by molar-refractivity contribution is 7.80. The van der Waals surface area contributed by atoms with Crippen molar-refractivity contribution in [1.82, 2.24) is 10.2 Å². The van der Waals surface area contributed by atoms with Gasteiger partial charge >= 0.3 is 5.97 Å². The summed E-state index contributed by atoms with van der Waals surface area (Å²) < 4.78 is 14.9. The Kier molecular flexibility index (Phi) is 9.48. The van der Waals surface area contributed by atoms with Gasteiger partial charge in [-0.1, -0.05) is 12.1 Å². The second kappa shape index (κ2) is 12.1. The molecule has 1 aliphatic heterocycles. The number of thiocarbonyl (C=S) groups is 1. The van der Waals surface area contributed by atoms with E-state index >= 15 is 0 Å². The molecule has 0 aliphatic carbocycles. The monoisotopic (exact) mass is 423 g/mol. The molecule has 1 aromatic rings. The molecule has 0 unspecified atom stereocenters. The van der Waals surface area contributed by atoms with E-state index in [9.17, 15) is 14.4 Å². The zero-order valence-corrected chi connectivity index (χ0v) is 17.1. The molecule has 9 nitrogen and oxygen atoms in total. The van der Waals surface area contributed by atoms with Crippen LogP contribution in [0.5, 0.6) is 0 Å². The number of hydrogen-bond acceptors (Lipinski definition) is 7. The highest BCUT2D eigenvalue weighted by Gasteiger charge is 2.21. The fourth-order valence-corrected chi connectivity index (χ4v) is 2.81. The predicted molar refractivity (Wildman–Crippen MR) is 110 cm³/mol. The molecule has 0 spiro atoms. The first kappa shape index (κ1) is 22.7. The third-order valence-corrected chi connectivity index (χ3v) is 4.27. The van der Waals surface area contributed by atoms with Crippen molar-refractivity contribution >= 4 is 40.8 Å². The maximum absolute atomic E-state index is 12.7. The summed E-state index contributed by atoms with van der Waals surface area (Å²) >= 11 is 5.16. The average molecular weight is 423 g/mol. The van der Waals surface area contributed by atoms with Crippen LogP contribution in [0, 0.1) is 0 Å². The largest absolute Gasteiger partial charge is 0.463 e. The molecule has 1 aliphatic rings. The molecule has 2 N–H and O–H groups in total. The van der Waals surface area contributed by atoms with Crippen LogP contribution in [0.15, 0.2) is 24.3 Å². The van der Waals surface area contributed by atoms with Crippen LogP contribution in [0.25, 0.3) is 0 Å². The molecule has 1 saturated heterocycles. The van der Waals surface area contributed by atoms with Crippen molar-refractivity contribution in [2.45, 2.75) is 12.8 Å². The number of benzene rings is 1. The summed E-state index contributed by atoms with van der Waals surface area (Å²) in [6.07, 6.45) is -0.133. The molecular formula is C19H25N3O6S. The Morgan fingerprint density at radius 1 is 1.14 bits per heavy atom. The van der Waals surface area contributed by atoms with E-state index in [0.717, 1.165) is 0 Å². The van der Waals surface area contributed by atoms with Crippen LogP contribution in [0.3, 0.4) is 0 Å². The minimum Gasteiger partial charge on any atom is -0.463 e. The molecule has 0 aromatic heterocycles. The second-order valence-corrected chi connectivity index (χ2v) is 6.57. The van der Waals surface area contributed by atoms with Crippen molar-refractivity contribution in [3.63, 3.8) is 0 Å². The molecule has 158 valence electrons. The first-order valence-corrected chi connectivity index (χ1v) is 9.63. The topological polar surface area (TPSA) is 106 Å². The van der Waals surface area contributed by atoms with E-state index in [1.807, 2.05) is 0 Å².